The van der Waals surface area contributed by atoms with Crippen LogP contribution in [-0.2, 0) is 4.79 Å². The van der Waals surface area contributed by atoms with Crippen molar-refractivity contribution in [3.05, 3.63) is 60.2 Å². The van der Waals surface area contributed by atoms with Crippen LogP contribution in [-0.4, -0.2) is 29.1 Å². The first-order valence-electron chi connectivity index (χ1n) is 9.74. The number of benzene rings is 2. The van der Waals surface area contributed by atoms with Gasteiger partial charge in [0.1, 0.15) is 6.54 Å². The van der Waals surface area contributed by atoms with Gasteiger partial charge in [-0.3, -0.25) is 14.6 Å². The van der Waals surface area contributed by atoms with Gasteiger partial charge in [-0.2, -0.15) is 0 Å². The third-order valence-electron chi connectivity index (χ3n) is 4.97. The molecule has 146 valence electrons. The number of rotatable bonds is 8. The molecule has 1 saturated carbocycles. The standard InChI is InChI=1S/C23H25NO3S/c25-22(26)16-24-21(15-17-7-3-1-4-8-17)23(27)18-11-13-20(14-12-18)28-19-9-5-2-6-10-19/h2,5-6,9-14,17H,1,3-4,7-8,15-16H2,(H,25,26). The summed E-state index contributed by atoms with van der Waals surface area (Å²) in [4.78, 5) is 30.3. The Morgan fingerprint density at radius 1 is 0.929 bits per heavy atom. The van der Waals surface area contributed by atoms with Crippen molar-refractivity contribution in [1.29, 1.82) is 0 Å². The first-order valence-corrected chi connectivity index (χ1v) is 10.6. The normalized spacial score (nSPS) is 15.4. The highest BCUT2D eigenvalue weighted by Gasteiger charge is 2.21. The van der Waals surface area contributed by atoms with E-state index in [4.69, 9.17) is 5.11 Å². The number of nitrogens with zero attached hydrogens (tertiary/aromatic N) is 1. The van der Waals surface area contributed by atoms with Crippen molar-refractivity contribution < 1.29 is 14.7 Å². The Bertz CT molecular complexity index is 825. The lowest BCUT2D eigenvalue weighted by Crippen LogP contribution is -2.21. The number of carboxylic acids is 1. The molecule has 1 aliphatic rings. The van der Waals surface area contributed by atoms with Crippen LogP contribution in [0, 0.1) is 5.92 Å². The number of carbonyl (C=O) groups is 2. The predicted molar refractivity (Wildman–Crippen MR) is 112 cm³/mol. The fourth-order valence-corrected chi connectivity index (χ4v) is 4.36. The summed E-state index contributed by atoms with van der Waals surface area (Å²) in [5.74, 6) is -0.732. The molecule has 0 amide bonds. The van der Waals surface area contributed by atoms with Crippen molar-refractivity contribution in [2.24, 2.45) is 10.9 Å². The molecule has 2 aromatic rings. The second-order valence-corrected chi connectivity index (χ2v) is 8.28. The zero-order chi connectivity index (χ0) is 19.8. The lowest BCUT2D eigenvalue weighted by Gasteiger charge is -2.21. The maximum atomic E-state index is 13.0. The number of hydrogen-bond acceptors (Lipinski definition) is 4. The molecule has 0 spiro atoms. The molecule has 1 aliphatic carbocycles. The van der Waals surface area contributed by atoms with Crippen LogP contribution in [0.25, 0.3) is 0 Å². The zero-order valence-electron chi connectivity index (χ0n) is 15.8. The predicted octanol–water partition coefficient (Wildman–Crippen LogP) is 5.52. The molecular weight excluding hydrogens is 370 g/mol. The van der Waals surface area contributed by atoms with E-state index in [1.807, 2.05) is 54.6 Å². The van der Waals surface area contributed by atoms with Crippen molar-refractivity contribution in [1.82, 2.24) is 0 Å². The molecule has 2 aromatic carbocycles. The molecule has 0 aromatic heterocycles. The van der Waals surface area contributed by atoms with Gasteiger partial charge in [-0.1, -0.05) is 62.1 Å². The Morgan fingerprint density at radius 3 is 2.21 bits per heavy atom. The zero-order valence-corrected chi connectivity index (χ0v) is 16.7. The van der Waals surface area contributed by atoms with Gasteiger partial charge in [0.15, 0.2) is 0 Å². The Kier molecular flexibility index (Phi) is 7.43. The Balaban J connectivity index is 1.71. The second kappa shape index (κ2) is 10.2. The van der Waals surface area contributed by atoms with Crippen LogP contribution < -0.4 is 0 Å². The number of ketones is 1. The summed E-state index contributed by atoms with van der Waals surface area (Å²) in [6, 6.07) is 17.6. The summed E-state index contributed by atoms with van der Waals surface area (Å²) in [6.45, 7) is -0.351. The maximum Gasteiger partial charge on any atom is 0.325 e. The highest BCUT2D eigenvalue weighted by Crippen LogP contribution is 2.29. The van der Waals surface area contributed by atoms with Crippen LogP contribution in [0.3, 0.4) is 0 Å². The summed E-state index contributed by atoms with van der Waals surface area (Å²) < 4.78 is 0. The van der Waals surface area contributed by atoms with Gasteiger partial charge in [0, 0.05) is 15.4 Å². The van der Waals surface area contributed by atoms with E-state index >= 15 is 0 Å². The number of hydrogen-bond donors (Lipinski definition) is 1. The van der Waals surface area contributed by atoms with E-state index in [1.54, 1.807) is 11.8 Å². The van der Waals surface area contributed by atoms with Crippen molar-refractivity contribution in [2.75, 3.05) is 6.54 Å². The number of carbonyl (C=O) groups excluding carboxylic acids is 1. The van der Waals surface area contributed by atoms with Gasteiger partial charge in [0.05, 0.1) is 5.71 Å². The Labute approximate surface area is 170 Å². The van der Waals surface area contributed by atoms with Crippen LogP contribution in [0.5, 0.6) is 0 Å². The van der Waals surface area contributed by atoms with Gasteiger partial charge < -0.3 is 5.11 Å². The third-order valence-corrected chi connectivity index (χ3v) is 5.99. The van der Waals surface area contributed by atoms with Gasteiger partial charge >= 0.3 is 5.97 Å². The molecule has 0 saturated heterocycles. The number of carboxylic acid groups (broad SMARTS) is 1. The minimum absolute atomic E-state index is 0.150. The first-order chi connectivity index (χ1) is 13.6. The van der Waals surface area contributed by atoms with Crippen molar-refractivity contribution in [2.45, 2.75) is 48.3 Å². The second-order valence-electron chi connectivity index (χ2n) is 7.13. The molecule has 4 nitrogen and oxygen atoms in total. The SMILES string of the molecule is O=C(O)CN=C(CC1CCCCC1)C(=O)c1ccc(Sc2ccccc2)cc1. The lowest BCUT2D eigenvalue weighted by atomic mass is 9.84. The minimum atomic E-state index is -1.01. The average molecular weight is 396 g/mol. The molecule has 1 fully saturated rings. The molecule has 1 N–H and O–H groups in total. The Morgan fingerprint density at radius 2 is 1.57 bits per heavy atom. The maximum absolute atomic E-state index is 13.0. The fourth-order valence-electron chi connectivity index (χ4n) is 3.52. The van der Waals surface area contributed by atoms with Crippen LogP contribution in [0.2, 0.25) is 0 Å². The molecule has 0 unspecified atom stereocenters. The summed E-state index contributed by atoms with van der Waals surface area (Å²) in [5, 5.41) is 8.98. The van der Waals surface area contributed by atoms with Crippen molar-refractivity contribution in [3.8, 4) is 0 Å². The highest BCUT2D eigenvalue weighted by molar-refractivity contribution is 7.99. The van der Waals surface area contributed by atoms with Crippen LogP contribution in [0.4, 0.5) is 0 Å². The van der Waals surface area contributed by atoms with E-state index in [0.717, 1.165) is 22.6 Å². The van der Waals surface area contributed by atoms with E-state index in [1.165, 1.54) is 19.3 Å². The van der Waals surface area contributed by atoms with E-state index in [-0.39, 0.29) is 12.3 Å². The number of aliphatic imine (C=N–C) groups is 1. The molecule has 0 bridgehead atoms. The quantitative estimate of drug-likeness (QED) is 0.472. The molecule has 0 radical (unpaired) electrons. The molecule has 3 rings (SSSR count). The van der Waals surface area contributed by atoms with Gasteiger partial charge in [0.2, 0.25) is 5.78 Å². The van der Waals surface area contributed by atoms with Crippen molar-refractivity contribution in [3.63, 3.8) is 0 Å². The van der Waals surface area contributed by atoms with Crippen LogP contribution >= 0.6 is 11.8 Å². The lowest BCUT2D eigenvalue weighted by molar-refractivity contribution is -0.135. The van der Waals surface area contributed by atoms with Gasteiger partial charge in [-0.25, -0.2) is 0 Å². The number of aliphatic carboxylic acids is 1. The summed E-state index contributed by atoms with van der Waals surface area (Å²) in [5.41, 5.74) is 0.968. The third kappa shape index (κ3) is 6.06. The van der Waals surface area contributed by atoms with Crippen LogP contribution in [0.1, 0.15) is 48.9 Å². The summed E-state index contributed by atoms with van der Waals surface area (Å²) in [6.07, 6.45) is 6.35. The molecule has 5 heteroatoms. The molecule has 0 heterocycles. The largest absolute Gasteiger partial charge is 0.480 e. The Hall–Kier alpha value is -2.40. The van der Waals surface area contributed by atoms with Gasteiger partial charge in [-0.15, -0.1) is 0 Å². The average Bonchev–Trinajstić information content (AvgIpc) is 2.72. The summed E-state index contributed by atoms with van der Waals surface area (Å²) in [7, 11) is 0. The fraction of sp³-hybridized carbons (Fsp3) is 0.348. The van der Waals surface area contributed by atoms with Gasteiger partial charge in [-0.05, 0) is 48.7 Å². The minimum Gasteiger partial charge on any atom is -0.480 e. The molecular formula is C23H25NO3S. The van der Waals surface area contributed by atoms with E-state index < -0.39 is 5.97 Å². The molecule has 0 aliphatic heterocycles. The highest BCUT2D eigenvalue weighted by atomic mass is 32.2. The van der Waals surface area contributed by atoms with Crippen molar-refractivity contribution >= 4 is 29.2 Å². The van der Waals surface area contributed by atoms with Gasteiger partial charge in [0.25, 0.3) is 0 Å². The van der Waals surface area contributed by atoms with E-state index in [0.29, 0.717) is 23.6 Å². The number of Topliss-reactive ketones (excluding diaryl/α,β-unsaturated/α-hetero) is 1. The first kappa shape index (κ1) is 20.3. The van der Waals surface area contributed by atoms with Crippen LogP contribution in [0.15, 0.2) is 69.4 Å². The topological polar surface area (TPSA) is 66.7 Å². The van der Waals surface area contributed by atoms with E-state index in [9.17, 15) is 9.59 Å². The molecule has 0 atom stereocenters. The van der Waals surface area contributed by atoms with E-state index in [2.05, 4.69) is 4.99 Å². The monoisotopic (exact) mass is 395 g/mol. The summed E-state index contributed by atoms with van der Waals surface area (Å²) >= 11 is 1.64. The smallest absolute Gasteiger partial charge is 0.325 e. The molecule has 28 heavy (non-hydrogen) atoms.